The minimum atomic E-state index is -3.71. The summed E-state index contributed by atoms with van der Waals surface area (Å²) in [4.78, 5) is 41.5. The van der Waals surface area contributed by atoms with Gasteiger partial charge in [0.2, 0.25) is 27.7 Å². The summed E-state index contributed by atoms with van der Waals surface area (Å²) < 4.78 is 25.8. The molecule has 1 aromatic rings. The fourth-order valence-corrected chi connectivity index (χ4v) is 5.03. The van der Waals surface area contributed by atoms with Crippen molar-refractivity contribution in [2.45, 2.75) is 79.8 Å². The minimum Gasteiger partial charge on any atom is -0.342 e. The number of nitrogens with zero attached hydrogens (tertiary/aromatic N) is 1. The Hall–Kier alpha value is -2.72. The van der Waals surface area contributed by atoms with E-state index in [1.54, 1.807) is 27.1 Å². The molecular weight excluding hydrogens is 516 g/mol. The van der Waals surface area contributed by atoms with E-state index in [1.807, 2.05) is 78.8 Å². The van der Waals surface area contributed by atoms with Crippen LogP contribution in [-0.4, -0.2) is 63.0 Å². The van der Waals surface area contributed by atoms with E-state index in [4.69, 9.17) is 0 Å². The molecule has 39 heavy (non-hydrogen) atoms. The van der Waals surface area contributed by atoms with Crippen LogP contribution in [0, 0.1) is 17.3 Å². The third-order valence-electron chi connectivity index (χ3n) is 6.97. The van der Waals surface area contributed by atoms with Crippen molar-refractivity contribution in [3.63, 3.8) is 0 Å². The van der Waals surface area contributed by atoms with Crippen molar-refractivity contribution >= 4 is 27.7 Å². The quantitative estimate of drug-likeness (QED) is 0.358. The van der Waals surface area contributed by atoms with Crippen LogP contribution >= 0.6 is 0 Å². The van der Waals surface area contributed by atoms with Gasteiger partial charge in [-0.2, -0.15) is 0 Å². The molecule has 0 radical (unpaired) electrons. The molecule has 0 heterocycles. The Kier molecular flexibility index (Phi) is 11.9. The molecule has 0 bridgehead atoms. The summed E-state index contributed by atoms with van der Waals surface area (Å²) in [5.74, 6) is -2.49. The number of allylic oxidation sites excluding steroid dienone is 1. The maximum absolute atomic E-state index is 13.9. The van der Waals surface area contributed by atoms with Crippen LogP contribution in [0.25, 0.3) is 0 Å². The highest BCUT2D eigenvalue weighted by molar-refractivity contribution is 7.90. The second-order valence-corrected chi connectivity index (χ2v) is 13.9. The summed E-state index contributed by atoms with van der Waals surface area (Å²) >= 11 is 0. The SMILES string of the molecule is CCS(=O)(=O)NC(=O)C(C)/C=C(\C(C)C)N(C)C(=O)C(NC(=O)C(NC)C(C)(C)c1ccccc1)C(C)(C)C. The van der Waals surface area contributed by atoms with Crippen molar-refractivity contribution in [1.29, 1.82) is 0 Å². The highest BCUT2D eigenvalue weighted by Crippen LogP contribution is 2.29. The van der Waals surface area contributed by atoms with E-state index < -0.39 is 44.8 Å². The summed E-state index contributed by atoms with van der Waals surface area (Å²) in [5.41, 5.74) is 0.339. The second-order valence-electron chi connectivity index (χ2n) is 11.9. The van der Waals surface area contributed by atoms with Crippen molar-refractivity contribution in [2.75, 3.05) is 19.8 Å². The zero-order valence-electron chi connectivity index (χ0n) is 25.4. The highest BCUT2D eigenvalue weighted by Gasteiger charge is 2.41. The van der Waals surface area contributed by atoms with E-state index in [1.165, 1.54) is 11.8 Å². The van der Waals surface area contributed by atoms with Crippen LogP contribution in [-0.2, 0) is 29.8 Å². The third kappa shape index (κ3) is 9.17. The predicted octanol–water partition coefficient (Wildman–Crippen LogP) is 3.18. The molecule has 0 aliphatic carbocycles. The van der Waals surface area contributed by atoms with Gasteiger partial charge in [-0.25, -0.2) is 8.42 Å². The van der Waals surface area contributed by atoms with E-state index in [9.17, 15) is 22.8 Å². The molecule has 1 aromatic carbocycles. The van der Waals surface area contributed by atoms with Crippen molar-refractivity contribution < 1.29 is 22.8 Å². The molecule has 0 spiro atoms. The first kappa shape index (κ1) is 34.3. The second kappa shape index (κ2) is 13.6. The van der Waals surface area contributed by atoms with Crippen molar-refractivity contribution in [3.8, 4) is 0 Å². The van der Waals surface area contributed by atoms with Crippen LogP contribution in [0.4, 0.5) is 0 Å². The van der Waals surface area contributed by atoms with Gasteiger partial charge in [-0.05, 0) is 37.8 Å². The van der Waals surface area contributed by atoms with Crippen molar-refractivity contribution in [2.24, 2.45) is 17.3 Å². The third-order valence-corrected chi connectivity index (χ3v) is 8.24. The van der Waals surface area contributed by atoms with Gasteiger partial charge < -0.3 is 15.5 Å². The maximum atomic E-state index is 13.9. The van der Waals surface area contributed by atoms with Crippen LogP contribution in [0.3, 0.4) is 0 Å². The first-order valence-corrected chi connectivity index (χ1v) is 15.0. The number of carbonyl (C=O) groups is 3. The number of hydrogen-bond acceptors (Lipinski definition) is 6. The standard InChI is InChI=1S/C29H48N4O5S/c1-12-39(37,38)32-25(34)20(4)18-22(19(2)3)33(11)27(36)24(28(5,6)7)31-26(35)23(30-10)29(8,9)21-16-14-13-15-17-21/h13-20,23-24,30H,12H2,1-11H3,(H,31,35)(H,32,34)/b22-18+. The average Bonchev–Trinajstić information content (AvgIpc) is 2.84. The lowest BCUT2D eigenvalue weighted by molar-refractivity contribution is -0.138. The first-order valence-electron chi connectivity index (χ1n) is 13.4. The molecular formula is C29H48N4O5S. The topological polar surface area (TPSA) is 125 Å². The van der Waals surface area contributed by atoms with Crippen LogP contribution in [0.2, 0.25) is 0 Å². The van der Waals surface area contributed by atoms with Gasteiger partial charge in [0.25, 0.3) is 0 Å². The molecule has 3 amide bonds. The molecule has 3 atom stereocenters. The summed E-state index contributed by atoms with van der Waals surface area (Å²) in [7, 11) is -0.379. The molecule has 3 unspecified atom stereocenters. The number of hydrogen-bond donors (Lipinski definition) is 3. The molecule has 10 heteroatoms. The minimum absolute atomic E-state index is 0.157. The molecule has 3 N–H and O–H groups in total. The summed E-state index contributed by atoms with van der Waals surface area (Å²) in [5, 5.41) is 6.12. The fourth-order valence-electron chi connectivity index (χ4n) is 4.39. The average molecular weight is 565 g/mol. The Balaban J connectivity index is 3.32. The van der Waals surface area contributed by atoms with Crippen molar-refractivity contribution in [3.05, 3.63) is 47.7 Å². The molecule has 0 aliphatic heterocycles. The lowest BCUT2D eigenvalue weighted by atomic mass is 9.76. The largest absolute Gasteiger partial charge is 0.342 e. The van der Waals surface area contributed by atoms with Gasteiger partial charge in [0, 0.05) is 18.2 Å². The van der Waals surface area contributed by atoms with E-state index in [0.717, 1.165) is 5.56 Å². The smallest absolute Gasteiger partial charge is 0.249 e. The first-order chi connectivity index (χ1) is 17.8. The molecule has 0 saturated heterocycles. The lowest BCUT2D eigenvalue weighted by Gasteiger charge is -2.39. The number of rotatable bonds is 12. The zero-order chi connectivity index (χ0) is 30.3. The van der Waals surface area contributed by atoms with Gasteiger partial charge >= 0.3 is 0 Å². The van der Waals surface area contributed by atoms with E-state index >= 15 is 0 Å². The van der Waals surface area contributed by atoms with Gasteiger partial charge in [-0.15, -0.1) is 0 Å². The lowest BCUT2D eigenvalue weighted by Crippen LogP contribution is -2.60. The number of likely N-dealkylation sites (N-methyl/N-ethyl adjacent to an activating group) is 2. The van der Waals surface area contributed by atoms with E-state index in [2.05, 4.69) is 15.4 Å². The molecule has 0 aliphatic rings. The highest BCUT2D eigenvalue weighted by atomic mass is 32.2. The molecule has 0 aromatic heterocycles. The van der Waals surface area contributed by atoms with Crippen LogP contribution in [0.1, 0.15) is 67.9 Å². The molecule has 220 valence electrons. The van der Waals surface area contributed by atoms with Crippen molar-refractivity contribution in [1.82, 2.24) is 20.3 Å². The van der Waals surface area contributed by atoms with Gasteiger partial charge in [0.1, 0.15) is 6.04 Å². The zero-order valence-corrected chi connectivity index (χ0v) is 26.2. The molecule has 0 saturated carbocycles. The molecule has 0 fully saturated rings. The Morgan fingerprint density at radius 2 is 1.49 bits per heavy atom. The number of carbonyl (C=O) groups excluding carboxylic acids is 3. The van der Waals surface area contributed by atoms with Gasteiger partial charge in [0.15, 0.2) is 0 Å². The fraction of sp³-hybridized carbons (Fsp3) is 0.621. The monoisotopic (exact) mass is 564 g/mol. The summed E-state index contributed by atoms with van der Waals surface area (Å²) in [6.07, 6.45) is 1.60. The number of sulfonamides is 1. The van der Waals surface area contributed by atoms with Gasteiger partial charge in [0.05, 0.1) is 17.7 Å². The van der Waals surface area contributed by atoms with Crippen LogP contribution in [0.5, 0.6) is 0 Å². The van der Waals surface area contributed by atoms with Crippen LogP contribution < -0.4 is 15.4 Å². The molecule has 9 nitrogen and oxygen atoms in total. The summed E-state index contributed by atoms with van der Waals surface area (Å²) in [6.45, 7) is 16.4. The Morgan fingerprint density at radius 1 is 0.949 bits per heavy atom. The Bertz CT molecular complexity index is 1140. The number of nitrogens with one attached hydrogen (secondary N) is 3. The van der Waals surface area contributed by atoms with E-state index in [-0.39, 0.29) is 23.5 Å². The van der Waals surface area contributed by atoms with E-state index in [0.29, 0.717) is 5.70 Å². The van der Waals surface area contributed by atoms with Gasteiger partial charge in [-0.3, -0.25) is 19.1 Å². The Morgan fingerprint density at radius 3 is 1.92 bits per heavy atom. The predicted molar refractivity (Wildman–Crippen MR) is 156 cm³/mol. The number of amides is 3. The number of benzene rings is 1. The summed E-state index contributed by atoms with van der Waals surface area (Å²) in [6, 6.07) is 8.23. The molecule has 1 rings (SSSR count). The maximum Gasteiger partial charge on any atom is 0.249 e. The van der Waals surface area contributed by atoms with Crippen LogP contribution in [0.15, 0.2) is 42.1 Å². The van der Waals surface area contributed by atoms with Gasteiger partial charge in [-0.1, -0.05) is 84.9 Å². The Labute approximate surface area is 235 Å². The normalized spacial score (nSPS) is 15.3.